The van der Waals surface area contributed by atoms with Gasteiger partial charge < -0.3 is 10.2 Å². The number of anilines is 1. The Kier molecular flexibility index (Phi) is 3.62. The first-order chi connectivity index (χ1) is 8.74. The van der Waals surface area contributed by atoms with Gasteiger partial charge in [-0.2, -0.15) is 11.3 Å². The van der Waals surface area contributed by atoms with Crippen molar-refractivity contribution >= 4 is 17.0 Å². The third-order valence-electron chi connectivity index (χ3n) is 4.69. The van der Waals surface area contributed by atoms with Gasteiger partial charge in [0.05, 0.1) is 0 Å². The topological polar surface area (TPSA) is 15.3 Å². The molecule has 1 aliphatic heterocycles. The molecule has 1 saturated heterocycles. The molecular formula is C15H24N2S. The van der Waals surface area contributed by atoms with E-state index in [2.05, 4.69) is 40.9 Å². The van der Waals surface area contributed by atoms with Gasteiger partial charge in [-0.25, -0.2) is 0 Å². The average Bonchev–Trinajstić information content (AvgIpc) is 2.81. The van der Waals surface area contributed by atoms with Gasteiger partial charge in [-0.05, 0) is 50.0 Å². The van der Waals surface area contributed by atoms with Gasteiger partial charge in [0.25, 0.3) is 0 Å². The third-order valence-corrected chi connectivity index (χ3v) is 5.37. The summed E-state index contributed by atoms with van der Waals surface area (Å²) in [5, 5.41) is 8.21. The molecule has 1 N–H and O–H groups in total. The summed E-state index contributed by atoms with van der Waals surface area (Å²) in [6.45, 7) is 7.25. The molecular weight excluding hydrogens is 240 g/mol. The number of nitrogens with zero attached hydrogens (tertiary/aromatic N) is 1. The van der Waals surface area contributed by atoms with Crippen LogP contribution in [0.25, 0.3) is 0 Å². The zero-order chi connectivity index (χ0) is 12.5. The second-order valence-electron chi connectivity index (χ2n) is 6.18. The Hall–Kier alpha value is -0.540. The summed E-state index contributed by atoms with van der Waals surface area (Å²) in [5.74, 6) is 1.69. The van der Waals surface area contributed by atoms with Gasteiger partial charge in [-0.3, -0.25) is 0 Å². The van der Waals surface area contributed by atoms with E-state index in [1.807, 2.05) is 0 Å². The largest absolute Gasteiger partial charge is 0.381 e. The van der Waals surface area contributed by atoms with Crippen molar-refractivity contribution in [2.45, 2.75) is 45.2 Å². The lowest BCUT2D eigenvalue weighted by Gasteiger charge is -2.49. The van der Waals surface area contributed by atoms with Crippen LogP contribution in [-0.4, -0.2) is 30.1 Å². The first kappa shape index (κ1) is 12.5. The van der Waals surface area contributed by atoms with E-state index in [0.29, 0.717) is 12.1 Å². The van der Waals surface area contributed by atoms with Crippen LogP contribution in [0, 0.1) is 11.8 Å². The molecule has 1 aromatic heterocycles. The SMILES string of the molecule is CC(C)N1CC2CCCC(C1)C2Nc1ccsc1. The normalized spacial score (nSPS) is 32.7. The van der Waals surface area contributed by atoms with Gasteiger partial charge in [-0.1, -0.05) is 6.42 Å². The van der Waals surface area contributed by atoms with Crippen LogP contribution in [0.1, 0.15) is 33.1 Å². The Morgan fingerprint density at radius 2 is 2.00 bits per heavy atom. The molecule has 3 heteroatoms. The second-order valence-corrected chi connectivity index (χ2v) is 6.96. The molecule has 0 spiro atoms. The Bertz CT molecular complexity index is 360. The summed E-state index contributed by atoms with van der Waals surface area (Å²) in [6, 6.07) is 3.63. The van der Waals surface area contributed by atoms with E-state index >= 15 is 0 Å². The fraction of sp³-hybridized carbons (Fsp3) is 0.733. The first-order valence-electron chi connectivity index (χ1n) is 7.27. The van der Waals surface area contributed by atoms with Crippen molar-refractivity contribution in [1.29, 1.82) is 0 Å². The highest BCUT2D eigenvalue weighted by Crippen LogP contribution is 2.37. The van der Waals surface area contributed by atoms with Gasteiger partial charge in [-0.15, -0.1) is 0 Å². The van der Waals surface area contributed by atoms with E-state index < -0.39 is 0 Å². The maximum absolute atomic E-state index is 3.81. The van der Waals surface area contributed by atoms with Gasteiger partial charge in [0.2, 0.25) is 0 Å². The molecule has 1 saturated carbocycles. The minimum Gasteiger partial charge on any atom is -0.381 e. The Morgan fingerprint density at radius 3 is 2.56 bits per heavy atom. The average molecular weight is 264 g/mol. The Labute approximate surface area is 114 Å². The Morgan fingerprint density at radius 1 is 1.28 bits per heavy atom. The number of hydrogen-bond donors (Lipinski definition) is 1. The van der Waals surface area contributed by atoms with Gasteiger partial charge in [0, 0.05) is 36.2 Å². The Balaban J connectivity index is 1.72. The lowest BCUT2D eigenvalue weighted by molar-refractivity contribution is 0.0518. The number of rotatable bonds is 3. The summed E-state index contributed by atoms with van der Waals surface area (Å²) in [4.78, 5) is 2.68. The molecule has 100 valence electrons. The molecule has 0 radical (unpaired) electrons. The highest BCUT2D eigenvalue weighted by molar-refractivity contribution is 7.08. The molecule has 1 aliphatic carbocycles. The van der Waals surface area contributed by atoms with E-state index in [-0.39, 0.29) is 0 Å². The zero-order valence-electron chi connectivity index (χ0n) is 11.4. The second kappa shape index (κ2) is 5.22. The predicted octanol–water partition coefficient (Wildman–Crippen LogP) is 3.67. The van der Waals surface area contributed by atoms with E-state index in [4.69, 9.17) is 0 Å². The van der Waals surface area contributed by atoms with Crippen molar-refractivity contribution in [3.8, 4) is 0 Å². The minimum atomic E-state index is 0.704. The summed E-state index contributed by atoms with van der Waals surface area (Å²) in [6.07, 6.45) is 4.24. The molecule has 2 fully saturated rings. The molecule has 2 nitrogen and oxygen atoms in total. The lowest BCUT2D eigenvalue weighted by Crippen LogP contribution is -2.55. The van der Waals surface area contributed by atoms with Crippen LogP contribution < -0.4 is 5.32 Å². The van der Waals surface area contributed by atoms with E-state index in [0.717, 1.165) is 11.8 Å². The van der Waals surface area contributed by atoms with E-state index in [1.165, 1.54) is 38.0 Å². The smallest absolute Gasteiger partial charge is 0.0451 e. The van der Waals surface area contributed by atoms with Crippen molar-refractivity contribution in [3.63, 3.8) is 0 Å². The van der Waals surface area contributed by atoms with Crippen LogP contribution in [0.5, 0.6) is 0 Å². The van der Waals surface area contributed by atoms with Crippen LogP contribution in [0.4, 0.5) is 5.69 Å². The standard InChI is InChI=1S/C15H24N2S/c1-11(2)17-8-12-4-3-5-13(9-17)15(12)16-14-6-7-18-10-14/h6-7,10-13,15-16H,3-5,8-9H2,1-2H3. The zero-order valence-corrected chi connectivity index (χ0v) is 12.2. The van der Waals surface area contributed by atoms with Gasteiger partial charge in [0.15, 0.2) is 0 Å². The molecule has 2 unspecified atom stereocenters. The molecule has 0 amide bonds. The van der Waals surface area contributed by atoms with Crippen molar-refractivity contribution in [2.75, 3.05) is 18.4 Å². The van der Waals surface area contributed by atoms with Crippen LogP contribution in [0.2, 0.25) is 0 Å². The summed E-state index contributed by atoms with van der Waals surface area (Å²) in [5.41, 5.74) is 1.33. The van der Waals surface area contributed by atoms with Crippen LogP contribution in [-0.2, 0) is 0 Å². The quantitative estimate of drug-likeness (QED) is 0.896. The molecule has 2 aliphatic rings. The number of fused-ring (bicyclic) bond motifs is 2. The molecule has 2 atom stereocenters. The summed E-state index contributed by atoms with van der Waals surface area (Å²) >= 11 is 1.79. The summed E-state index contributed by atoms with van der Waals surface area (Å²) < 4.78 is 0. The number of nitrogens with one attached hydrogen (secondary N) is 1. The van der Waals surface area contributed by atoms with Crippen LogP contribution in [0.3, 0.4) is 0 Å². The fourth-order valence-corrected chi connectivity index (χ4v) is 4.27. The van der Waals surface area contributed by atoms with Crippen molar-refractivity contribution in [1.82, 2.24) is 4.90 Å². The van der Waals surface area contributed by atoms with Crippen molar-refractivity contribution < 1.29 is 0 Å². The van der Waals surface area contributed by atoms with Gasteiger partial charge >= 0.3 is 0 Å². The van der Waals surface area contributed by atoms with Crippen LogP contribution in [0.15, 0.2) is 16.8 Å². The summed E-state index contributed by atoms with van der Waals surface area (Å²) in [7, 11) is 0. The molecule has 2 heterocycles. The number of likely N-dealkylation sites (tertiary alicyclic amines) is 1. The molecule has 2 bridgehead atoms. The van der Waals surface area contributed by atoms with Crippen LogP contribution >= 0.6 is 11.3 Å². The number of piperidine rings is 1. The maximum atomic E-state index is 3.81. The van der Waals surface area contributed by atoms with Crippen molar-refractivity contribution in [3.05, 3.63) is 16.8 Å². The third kappa shape index (κ3) is 2.43. The van der Waals surface area contributed by atoms with E-state index in [1.54, 1.807) is 11.3 Å². The monoisotopic (exact) mass is 264 g/mol. The maximum Gasteiger partial charge on any atom is 0.0451 e. The minimum absolute atomic E-state index is 0.704. The first-order valence-corrected chi connectivity index (χ1v) is 8.21. The fourth-order valence-electron chi connectivity index (χ4n) is 3.67. The lowest BCUT2D eigenvalue weighted by atomic mass is 9.73. The predicted molar refractivity (Wildman–Crippen MR) is 79.3 cm³/mol. The molecule has 1 aromatic rings. The number of hydrogen-bond acceptors (Lipinski definition) is 3. The molecule has 18 heavy (non-hydrogen) atoms. The van der Waals surface area contributed by atoms with E-state index in [9.17, 15) is 0 Å². The molecule has 0 aromatic carbocycles. The van der Waals surface area contributed by atoms with Crippen molar-refractivity contribution in [2.24, 2.45) is 11.8 Å². The number of thiophene rings is 1. The van der Waals surface area contributed by atoms with Gasteiger partial charge in [0.1, 0.15) is 0 Å². The highest BCUT2D eigenvalue weighted by atomic mass is 32.1. The highest BCUT2D eigenvalue weighted by Gasteiger charge is 2.39. The molecule has 3 rings (SSSR count).